The molecular formula is C27H27FO5. The number of aliphatic hydroxyl groups excluding tert-OH is 1. The fraction of sp³-hybridized carbons (Fsp3) is 0.296. The highest BCUT2D eigenvalue weighted by Crippen LogP contribution is 2.36. The van der Waals surface area contributed by atoms with E-state index in [1.54, 1.807) is 30.7 Å². The van der Waals surface area contributed by atoms with E-state index in [2.05, 4.69) is 13.8 Å². The standard InChI is InChI=1S/C27H27FO5/c1-17(2)25-13-23(32-16-18-9-10-31-15-18)14-26(19-3-5-20(28)6-4-19)24(25)8-7-22-11-21(29)12-27(30)33-22/h3-10,13-15,17,21-22,29H,11-12,16H2,1-2H3/b8-7+. The molecule has 2 heterocycles. The van der Waals surface area contributed by atoms with E-state index in [1.807, 2.05) is 24.3 Å². The van der Waals surface area contributed by atoms with Gasteiger partial charge in [0.25, 0.3) is 0 Å². The summed E-state index contributed by atoms with van der Waals surface area (Å²) in [7, 11) is 0. The average Bonchev–Trinajstić information content (AvgIpc) is 3.29. The number of ether oxygens (including phenoxy) is 2. The van der Waals surface area contributed by atoms with Crippen molar-refractivity contribution in [1.29, 1.82) is 0 Å². The first-order chi connectivity index (χ1) is 15.9. The summed E-state index contributed by atoms with van der Waals surface area (Å²) in [4.78, 5) is 11.7. The second-order valence-corrected chi connectivity index (χ2v) is 8.54. The number of halogens is 1. The van der Waals surface area contributed by atoms with Crippen LogP contribution in [0.1, 0.15) is 49.3 Å². The first-order valence-corrected chi connectivity index (χ1v) is 11.0. The van der Waals surface area contributed by atoms with Crippen molar-refractivity contribution in [2.75, 3.05) is 0 Å². The van der Waals surface area contributed by atoms with Crippen molar-refractivity contribution in [2.24, 2.45) is 0 Å². The van der Waals surface area contributed by atoms with E-state index in [1.165, 1.54) is 12.1 Å². The predicted octanol–water partition coefficient (Wildman–Crippen LogP) is 5.87. The minimum atomic E-state index is -0.708. The van der Waals surface area contributed by atoms with Crippen molar-refractivity contribution < 1.29 is 28.2 Å². The second kappa shape index (κ2) is 10.0. The fourth-order valence-electron chi connectivity index (χ4n) is 3.94. The maximum atomic E-state index is 13.6. The third-order valence-electron chi connectivity index (χ3n) is 5.62. The number of benzene rings is 2. The van der Waals surface area contributed by atoms with Crippen LogP contribution < -0.4 is 4.74 Å². The lowest BCUT2D eigenvalue weighted by atomic mass is 9.89. The van der Waals surface area contributed by atoms with Crippen molar-refractivity contribution in [1.82, 2.24) is 0 Å². The highest BCUT2D eigenvalue weighted by Gasteiger charge is 2.25. The molecule has 0 spiro atoms. The van der Waals surface area contributed by atoms with E-state index in [9.17, 15) is 14.3 Å². The van der Waals surface area contributed by atoms with Crippen LogP contribution in [-0.4, -0.2) is 23.3 Å². The zero-order valence-corrected chi connectivity index (χ0v) is 18.7. The summed E-state index contributed by atoms with van der Waals surface area (Å²) in [6, 6.07) is 12.1. The van der Waals surface area contributed by atoms with Crippen LogP contribution in [0.4, 0.5) is 4.39 Å². The maximum absolute atomic E-state index is 13.6. The van der Waals surface area contributed by atoms with Crippen LogP contribution in [-0.2, 0) is 16.1 Å². The molecule has 0 amide bonds. The summed E-state index contributed by atoms with van der Waals surface area (Å²) in [6.45, 7) is 4.54. The number of cyclic esters (lactones) is 1. The minimum Gasteiger partial charge on any atom is -0.489 e. The lowest BCUT2D eigenvalue weighted by molar-refractivity contribution is -0.156. The molecule has 172 valence electrons. The summed E-state index contributed by atoms with van der Waals surface area (Å²) < 4.78 is 30.1. The Balaban J connectivity index is 1.74. The molecule has 3 aromatic rings. The maximum Gasteiger partial charge on any atom is 0.309 e. The van der Waals surface area contributed by atoms with E-state index < -0.39 is 18.2 Å². The highest BCUT2D eigenvalue weighted by molar-refractivity contribution is 5.79. The summed E-state index contributed by atoms with van der Waals surface area (Å²) in [6.07, 6.45) is 6.14. The molecule has 5 nitrogen and oxygen atoms in total. The summed E-state index contributed by atoms with van der Waals surface area (Å²) in [5, 5.41) is 9.93. The van der Waals surface area contributed by atoms with Crippen LogP contribution >= 0.6 is 0 Å². The smallest absolute Gasteiger partial charge is 0.309 e. The molecule has 1 aliphatic heterocycles. The van der Waals surface area contributed by atoms with Gasteiger partial charge in [0.1, 0.15) is 24.3 Å². The van der Waals surface area contributed by atoms with Crippen molar-refractivity contribution in [3.05, 3.63) is 83.6 Å². The molecule has 6 heteroatoms. The molecular weight excluding hydrogens is 423 g/mol. The quantitative estimate of drug-likeness (QED) is 0.456. The molecule has 1 saturated heterocycles. The normalized spacial score (nSPS) is 18.6. The SMILES string of the molecule is CC(C)c1cc(OCc2ccoc2)cc(-c2ccc(F)cc2)c1/C=C/C1CC(O)CC(=O)O1. The number of carbonyl (C=O) groups is 1. The Morgan fingerprint density at radius 1 is 1.21 bits per heavy atom. The van der Waals surface area contributed by atoms with Gasteiger partial charge in [-0.25, -0.2) is 4.39 Å². The van der Waals surface area contributed by atoms with Crippen LogP contribution in [0.3, 0.4) is 0 Å². The number of carbonyl (C=O) groups excluding carboxylic acids is 1. The molecule has 4 rings (SSSR count). The molecule has 1 aliphatic rings. The summed E-state index contributed by atoms with van der Waals surface area (Å²) in [5.41, 5.74) is 4.61. The van der Waals surface area contributed by atoms with Crippen LogP contribution in [0.15, 0.2) is 65.5 Å². The Morgan fingerprint density at radius 3 is 2.67 bits per heavy atom. The third-order valence-corrected chi connectivity index (χ3v) is 5.62. The molecule has 0 saturated carbocycles. The van der Waals surface area contributed by atoms with E-state index in [0.29, 0.717) is 18.8 Å². The van der Waals surface area contributed by atoms with E-state index >= 15 is 0 Å². The van der Waals surface area contributed by atoms with E-state index in [4.69, 9.17) is 13.9 Å². The molecule has 2 atom stereocenters. The van der Waals surface area contributed by atoms with Crippen LogP contribution in [0.25, 0.3) is 17.2 Å². The highest BCUT2D eigenvalue weighted by atomic mass is 19.1. The van der Waals surface area contributed by atoms with Gasteiger partial charge in [-0.15, -0.1) is 0 Å². The van der Waals surface area contributed by atoms with Gasteiger partial charge in [0.15, 0.2) is 0 Å². The molecule has 2 aromatic carbocycles. The summed E-state index contributed by atoms with van der Waals surface area (Å²) >= 11 is 0. The van der Waals surface area contributed by atoms with Crippen molar-refractivity contribution in [2.45, 2.75) is 51.4 Å². The van der Waals surface area contributed by atoms with Gasteiger partial charge in [0.05, 0.1) is 25.1 Å². The summed E-state index contributed by atoms with van der Waals surface area (Å²) in [5.74, 6) is 0.140. The Hall–Kier alpha value is -3.38. The van der Waals surface area contributed by atoms with Gasteiger partial charge in [-0.3, -0.25) is 4.79 Å². The number of aliphatic hydroxyl groups is 1. The van der Waals surface area contributed by atoms with Crippen LogP contribution in [0.2, 0.25) is 0 Å². The second-order valence-electron chi connectivity index (χ2n) is 8.54. The van der Waals surface area contributed by atoms with Crippen LogP contribution in [0.5, 0.6) is 5.75 Å². The fourth-order valence-corrected chi connectivity index (χ4v) is 3.94. The third kappa shape index (κ3) is 5.71. The van der Waals surface area contributed by atoms with Crippen molar-refractivity contribution in [3.63, 3.8) is 0 Å². The first-order valence-electron chi connectivity index (χ1n) is 11.0. The van der Waals surface area contributed by atoms with E-state index in [0.717, 1.165) is 27.8 Å². The minimum absolute atomic E-state index is 0.0190. The monoisotopic (exact) mass is 450 g/mol. The van der Waals surface area contributed by atoms with Crippen molar-refractivity contribution in [3.8, 4) is 16.9 Å². The molecule has 0 radical (unpaired) electrons. The number of hydrogen-bond donors (Lipinski definition) is 1. The Labute approximate surface area is 192 Å². The zero-order valence-electron chi connectivity index (χ0n) is 18.7. The van der Waals surface area contributed by atoms with Gasteiger partial charge >= 0.3 is 5.97 Å². The van der Waals surface area contributed by atoms with Crippen molar-refractivity contribution >= 4 is 12.0 Å². The molecule has 1 fully saturated rings. The van der Waals surface area contributed by atoms with Gasteiger partial charge in [-0.2, -0.15) is 0 Å². The molecule has 1 aromatic heterocycles. The van der Waals surface area contributed by atoms with Crippen LogP contribution in [0, 0.1) is 5.82 Å². The predicted molar refractivity (Wildman–Crippen MR) is 123 cm³/mol. The number of hydrogen-bond acceptors (Lipinski definition) is 5. The van der Waals surface area contributed by atoms with Gasteiger partial charge < -0.3 is 19.0 Å². The lowest BCUT2D eigenvalue weighted by Crippen LogP contribution is -2.31. The van der Waals surface area contributed by atoms with Gasteiger partial charge in [-0.1, -0.05) is 32.1 Å². The zero-order chi connectivity index (χ0) is 23.4. The Bertz CT molecular complexity index is 1120. The largest absolute Gasteiger partial charge is 0.489 e. The number of esters is 1. The molecule has 0 aliphatic carbocycles. The Kier molecular flexibility index (Phi) is 6.94. The Morgan fingerprint density at radius 2 is 2.00 bits per heavy atom. The average molecular weight is 451 g/mol. The van der Waals surface area contributed by atoms with Gasteiger partial charge in [0.2, 0.25) is 0 Å². The molecule has 33 heavy (non-hydrogen) atoms. The first kappa shape index (κ1) is 22.8. The van der Waals surface area contributed by atoms with E-state index in [-0.39, 0.29) is 18.2 Å². The topological polar surface area (TPSA) is 68.9 Å². The molecule has 0 bridgehead atoms. The molecule has 2 unspecified atom stereocenters. The number of rotatable bonds is 7. The van der Waals surface area contributed by atoms with Gasteiger partial charge in [0, 0.05) is 12.0 Å². The van der Waals surface area contributed by atoms with Gasteiger partial charge in [-0.05, 0) is 64.6 Å². The number of furan rings is 1. The molecule has 1 N–H and O–H groups in total. The lowest BCUT2D eigenvalue weighted by Gasteiger charge is -2.24.